The van der Waals surface area contributed by atoms with Crippen LogP contribution >= 0.6 is 11.6 Å². The molecule has 35 heavy (non-hydrogen) atoms. The molecule has 0 saturated heterocycles. The molecule has 2 N–H and O–H groups in total. The number of hydrogen-bond acceptors (Lipinski definition) is 7. The molecule has 5 aromatic rings. The Morgan fingerprint density at radius 3 is 2.69 bits per heavy atom. The van der Waals surface area contributed by atoms with Gasteiger partial charge >= 0.3 is 5.76 Å². The van der Waals surface area contributed by atoms with E-state index in [4.69, 9.17) is 16.0 Å². The maximum Gasteiger partial charge on any atom is 0.419 e. The van der Waals surface area contributed by atoms with Crippen LogP contribution in [0.1, 0.15) is 21.6 Å². The standard InChI is InChI=1S/C23H19ClFN7O3/c1-31-16-8-13(4-6-17(16)35-23(31)34)10-27-22(33)19-20-18(28-11-29-19)21(30-32(20)2)26-9-12-3-5-15(25)14(24)7-12/h3-8,11H,9-10H2,1-2H3,(H,26,30)(H,27,33). The molecule has 178 valence electrons. The summed E-state index contributed by atoms with van der Waals surface area (Å²) in [5.74, 6) is -0.896. The van der Waals surface area contributed by atoms with E-state index in [0.717, 1.165) is 11.1 Å². The Labute approximate surface area is 202 Å². The topological polar surface area (TPSA) is 120 Å². The largest absolute Gasteiger partial charge is 0.419 e. The Bertz CT molecular complexity index is 1660. The number of rotatable bonds is 6. The van der Waals surface area contributed by atoms with Crippen molar-refractivity contribution >= 4 is 45.5 Å². The third kappa shape index (κ3) is 4.21. The number of aromatic nitrogens is 5. The highest BCUT2D eigenvalue weighted by Crippen LogP contribution is 2.23. The van der Waals surface area contributed by atoms with Gasteiger partial charge in [-0.25, -0.2) is 19.2 Å². The molecule has 0 saturated carbocycles. The minimum absolute atomic E-state index is 0.0330. The summed E-state index contributed by atoms with van der Waals surface area (Å²) in [5, 5.41) is 10.5. The molecular formula is C23H19ClFN7O3. The van der Waals surface area contributed by atoms with Crippen LogP contribution in [0.4, 0.5) is 10.2 Å². The SMILES string of the molecule is Cn1nc(NCc2ccc(F)c(Cl)c2)c2ncnc(C(=O)NCc3ccc4oc(=O)n(C)c4c3)c21. The van der Waals surface area contributed by atoms with E-state index in [2.05, 4.69) is 25.7 Å². The molecule has 0 unspecified atom stereocenters. The van der Waals surface area contributed by atoms with Gasteiger partial charge in [-0.05, 0) is 35.4 Å². The summed E-state index contributed by atoms with van der Waals surface area (Å²) < 4.78 is 21.5. The van der Waals surface area contributed by atoms with Gasteiger partial charge in [-0.3, -0.25) is 14.0 Å². The van der Waals surface area contributed by atoms with E-state index >= 15 is 0 Å². The predicted octanol–water partition coefficient (Wildman–Crippen LogP) is 3.14. The average Bonchev–Trinajstić information content (AvgIpc) is 3.33. The number of carbonyl (C=O) groups excluding carboxylic acids is 1. The van der Waals surface area contributed by atoms with Crippen LogP contribution in [0.5, 0.6) is 0 Å². The molecule has 0 aliphatic heterocycles. The van der Waals surface area contributed by atoms with Crippen LogP contribution in [0, 0.1) is 5.82 Å². The molecule has 0 bridgehead atoms. The summed E-state index contributed by atoms with van der Waals surface area (Å²) in [6.45, 7) is 0.546. The number of anilines is 1. The predicted molar refractivity (Wildman–Crippen MR) is 128 cm³/mol. The molecular weight excluding hydrogens is 477 g/mol. The summed E-state index contributed by atoms with van der Waals surface area (Å²) in [6.07, 6.45) is 1.30. The van der Waals surface area contributed by atoms with Crippen LogP contribution < -0.4 is 16.4 Å². The first-order chi connectivity index (χ1) is 16.8. The van der Waals surface area contributed by atoms with Crippen LogP contribution in [0.15, 0.2) is 51.9 Å². The van der Waals surface area contributed by atoms with E-state index in [9.17, 15) is 14.0 Å². The van der Waals surface area contributed by atoms with Crippen molar-refractivity contribution in [2.24, 2.45) is 14.1 Å². The summed E-state index contributed by atoms with van der Waals surface area (Å²) in [6, 6.07) is 9.69. The second-order valence-corrected chi connectivity index (χ2v) is 8.31. The Morgan fingerprint density at radius 2 is 1.89 bits per heavy atom. The van der Waals surface area contributed by atoms with Gasteiger partial charge < -0.3 is 15.1 Å². The fraction of sp³-hybridized carbons (Fsp3) is 0.174. The third-order valence-electron chi connectivity index (χ3n) is 5.59. The number of nitrogens with zero attached hydrogens (tertiary/aromatic N) is 5. The highest BCUT2D eigenvalue weighted by atomic mass is 35.5. The van der Waals surface area contributed by atoms with Gasteiger partial charge in [0.2, 0.25) is 0 Å². The first-order valence-corrected chi connectivity index (χ1v) is 10.9. The van der Waals surface area contributed by atoms with Crippen LogP contribution in [0.3, 0.4) is 0 Å². The minimum Gasteiger partial charge on any atom is -0.408 e. The van der Waals surface area contributed by atoms with Crippen molar-refractivity contribution in [1.29, 1.82) is 0 Å². The number of oxazole rings is 1. The zero-order chi connectivity index (χ0) is 24.7. The molecule has 3 heterocycles. The lowest BCUT2D eigenvalue weighted by Crippen LogP contribution is -2.24. The number of hydrogen-bond donors (Lipinski definition) is 2. The van der Waals surface area contributed by atoms with Crippen molar-refractivity contribution in [3.63, 3.8) is 0 Å². The quantitative estimate of drug-likeness (QED) is 0.371. The van der Waals surface area contributed by atoms with Crippen LogP contribution in [-0.4, -0.2) is 30.2 Å². The number of fused-ring (bicyclic) bond motifs is 2. The Kier molecular flexibility index (Phi) is 5.69. The molecule has 12 heteroatoms. The lowest BCUT2D eigenvalue weighted by Gasteiger charge is -2.07. The molecule has 5 rings (SSSR count). The second-order valence-electron chi connectivity index (χ2n) is 7.91. The van der Waals surface area contributed by atoms with Crippen molar-refractivity contribution in [2.45, 2.75) is 13.1 Å². The summed E-state index contributed by atoms with van der Waals surface area (Å²) in [4.78, 5) is 33.1. The summed E-state index contributed by atoms with van der Waals surface area (Å²) in [5.41, 5.74) is 3.75. The smallest absolute Gasteiger partial charge is 0.408 e. The number of aryl methyl sites for hydroxylation is 2. The molecule has 2 aromatic carbocycles. The molecule has 0 aliphatic rings. The Morgan fingerprint density at radius 1 is 1.11 bits per heavy atom. The lowest BCUT2D eigenvalue weighted by molar-refractivity contribution is 0.0947. The number of carbonyl (C=O) groups is 1. The maximum atomic E-state index is 13.4. The third-order valence-corrected chi connectivity index (χ3v) is 5.88. The van der Waals surface area contributed by atoms with Gasteiger partial charge in [-0.15, -0.1) is 0 Å². The van der Waals surface area contributed by atoms with Crippen molar-refractivity contribution in [3.8, 4) is 0 Å². The zero-order valence-corrected chi connectivity index (χ0v) is 19.4. The van der Waals surface area contributed by atoms with E-state index in [0.29, 0.717) is 34.5 Å². The summed E-state index contributed by atoms with van der Waals surface area (Å²) in [7, 11) is 3.31. The molecule has 0 radical (unpaired) electrons. The monoisotopic (exact) mass is 495 g/mol. The molecule has 0 atom stereocenters. The van der Waals surface area contributed by atoms with E-state index in [-0.39, 0.29) is 17.3 Å². The molecule has 0 aliphatic carbocycles. The molecule has 0 spiro atoms. The molecule has 10 nitrogen and oxygen atoms in total. The van der Waals surface area contributed by atoms with Gasteiger partial charge in [0.05, 0.1) is 10.5 Å². The first kappa shape index (κ1) is 22.5. The minimum atomic E-state index is -0.490. The lowest BCUT2D eigenvalue weighted by atomic mass is 10.2. The second kappa shape index (κ2) is 8.84. The highest BCUT2D eigenvalue weighted by molar-refractivity contribution is 6.30. The van der Waals surface area contributed by atoms with Gasteiger partial charge in [0.25, 0.3) is 5.91 Å². The maximum absolute atomic E-state index is 13.4. The molecule has 1 amide bonds. The van der Waals surface area contributed by atoms with Gasteiger partial charge in [-0.2, -0.15) is 5.10 Å². The van der Waals surface area contributed by atoms with Crippen LogP contribution in [0.2, 0.25) is 5.02 Å². The van der Waals surface area contributed by atoms with Crippen LogP contribution in [0.25, 0.3) is 22.1 Å². The van der Waals surface area contributed by atoms with E-state index in [1.165, 1.54) is 27.7 Å². The fourth-order valence-corrected chi connectivity index (χ4v) is 3.98. The molecule has 3 aromatic heterocycles. The van der Waals surface area contributed by atoms with Crippen molar-refractivity contribution in [3.05, 3.63) is 80.9 Å². The van der Waals surface area contributed by atoms with Gasteiger partial charge in [-0.1, -0.05) is 23.7 Å². The van der Waals surface area contributed by atoms with Gasteiger partial charge in [0, 0.05) is 27.2 Å². The highest BCUT2D eigenvalue weighted by Gasteiger charge is 2.20. The van der Waals surface area contributed by atoms with Gasteiger partial charge in [0.15, 0.2) is 17.1 Å². The van der Waals surface area contributed by atoms with E-state index in [1.807, 2.05) is 0 Å². The number of amides is 1. The van der Waals surface area contributed by atoms with Crippen molar-refractivity contribution < 1.29 is 13.6 Å². The van der Waals surface area contributed by atoms with E-state index in [1.54, 1.807) is 38.4 Å². The van der Waals surface area contributed by atoms with Gasteiger partial charge in [0.1, 0.15) is 23.2 Å². The first-order valence-electron chi connectivity index (χ1n) is 10.5. The number of benzene rings is 2. The number of halogens is 2. The Hall–Kier alpha value is -4.25. The van der Waals surface area contributed by atoms with Crippen molar-refractivity contribution in [2.75, 3.05) is 5.32 Å². The van der Waals surface area contributed by atoms with Crippen LogP contribution in [-0.2, 0) is 27.2 Å². The normalized spacial score (nSPS) is 11.3. The summed E-state index contributed by atoms with van der Waals surface area (Å²) >= 11 is 5.85. The fourth-order valence-electron chi connectivity index (χ4n) is 3.77. The van der Waals surface area contributed by atoms with E-state index < -0.39 is 17.5 Å². The Balaban J connectivity index is 1.36. The number of nitrogens with one attached hydrogen (secondary N) is 2. The zero-order valence-electron chi connectivity index (χ0n) is 18.7. The average molecular weight is 496 g/mol. The van der Waals surface area contributed by atoms with Crippen molar-refractivity contribution in [1.82, 2.24) is 29.6 Å². The molecule has 0 fully saturated rings.